The number of hydrogen-bond donors (Lipinski definition) is 1. The molecule has 2 rings (SSSR count). The maximum Gasteiger partial charge on any atom is 0.250 e. The molecule has 90 valence electrons. The molecule has 2 fully saturated rings. The van der Waals surface area contributed by atoms with Crippen LogP contribution in [0, 0.1) is 16.2 Å². The van der Waals surface area contributed by atoms with Crippen LogP contribution in [0.3, 0.4) is 0 Å². The summed E-state index contributed by atoms with van der Waals surface area (Å²) in [6.07, 6.45) is 1.93. The molecule has 0 aliphatic heterocycles. The minimum atomic E-state index is -0.575. The molecule has 2 saturated carbocycles. The smallest absolute Gasteiger partial charge is 0.250 e. The highest BCUT2D eigenvalue weighted by molar-refractivity contribution is 5.99. The molecule has 2 unspecified atom stereocenters. The fraction of sp³-hybridized carbons (Fsp3) is 0.833. The van der Waals surface area contributed by atoms with E-state index in [-0.39, 0.29) is 22.5 Å². The van der Waals surface area contributed by atoms with Gasteiger partial charge in [-0.1, -0.05) is 20.8 Å². The summed E-state index contributed by atoms with van der Waals surface area (Å²) in [7, 11) is 1.42. The third-order valence-electron chi connectivity index (χ3n) is 5.33. The van der Waals surface area contributed by atoms with Gasteiger partial charge in [0, 0.05) is 11.8 Å². The molecule has 16 heavy (non-hydrogen) atoms. The van der Waals surface area contributed by atoms with Crippen LogP contribution in [0.25, 0.3) is 0 Å². The van der Waals surface area contributed by atoms with Crippen LogP contribution in [-0.2, 0) is 14.4 Å². The highest BCUT2D eigenvalue weighted by Gasteiger charge is 2.72. The van der Waals surface area contributed by atoms with E-state index in [4.69, 9.17) is 4.84 Å². The SMILES string of the molecule is CONC(=O)C12CCC(C)(C(=O)C1)C2(C)C. The highest BCUT2D eigenvalue weighted by atomic mass is 16.6. The van der Waals surface area contributed by atoms with E-state index in [1.807, 2.05) is 20.8 Å². The van der Waals surface area contributed by atoms with Gasteiger partial charge < -0.3 is 0 Å². The second-order valence-corrected chi connectivity index (χ2v) is 5.77. The average molecular weight is 225 g/mol. The Morgan fingerprint density at radius 2 is 1.94 bits per heavy atom. The van der Waals surface area contributed by atoms with Crippen molar-refractivity contribution in [1.29, 1.82) is 0 Å². The number of Topliss-reactive ketones (excluding diaryl/α,β-unsaturated/α-hetero) is 1. The summed E-state index contributed by atoms with van der Waals surface area (Å²) in [5, 5.41) is 0. The summed E-state index contributed by atoms with van der Waals surface area (Å²) in [6.45, 7) is 6.05. The van der Waals surface area contributed by atoms with Crippen molar-refractivity contribution in [3.8, 4) is 0 Å². The van der Waals surface area contributed by atoms with Gasteiger partial charge in [-0.15, -0.1) is 0 Å². The lowest BCUT2D eigenvalue weighted by atomic mass is 9.64. The van der Waals surface area contributed by atoms with Crippen molar-refractivity contribution in [3.63, 3.8) is 0 Å². The van der Waals surface area contributed by atoms with Crippen LogP contribution in [0.5, 0.6) is 0 Å². The summed E-state index contributed by atoms with van der Waals surface area (Å²) >= 11 is 0. The third-order valence-corrected chi connectivity index (χ3v) is 5.33. The number of rotatable bonds is 2. The van der Waals surface area contributed by atoms with Gasteiger partial charge in [0.1, 0.15) is 5.78 Å². The van der Waals surface area contributed by atoms with E-state index < -0.39 is 5.41 Å². The predicted molar refractivity (Wildman–Crippen MR) is 58.3 cm³/mol. The lowest BCUT2D eigenvalue weighted by Gasteiger charge is -2.38. The molecule has 2 aliphatic carbocycles. The van der Waals surface area contributed by atoms with Crippen molar-refractivity contribution < 1.29 is 14.4 Å². The Kier molecular flexibility index (Phi) is 2.22. The molecular weight excluding hydrogens is 206 g/mol. The Balaban J connectivity index is 2.44. The molecular formula is C12H19NO3. The van der Waals surface area contributed by atoms with Gasteiger partial charge in [-0.2, -0.15) is 0 Å². The minimum Gasteiger partial charge on any atom is -0.299 e. The molecule has 0 spiro atoms. The van der Waals surface area contributed by atoms with E-state index in [1.54, 1.807) is 0 Å². The van der Waals surface area contributed by atoms with E-state index >= 15 is 0 Å². The number of carbonyl (C=O) groups is 2. The maximum absolute atomic E-state index is 12.1. The number of amides is 1. The summed E-state index contributed by atoms with van der Waals surface area (Å²) in [4.78, 5) is 28.9. The van der Waals surface area contributed by atoms with Crippen LogP contribution in [0.1, 0.15) is 40.0 Å². The number of carbonyl (C=O) groups excluding carboxylic acids is 2. The molecule has 0 heterocycles. The van der Waals surface area contributed by atoms with Crippen LogP contribution in [0.2, 0.25) is 0 Å². The Morgan fingerprint density at radius 1 is 1.31 bits per heavy atom. The monoisotopic (exact) mass is 225 g/mol. The molecule has 1 N–H and O–H groups in total. The van der Waals surface area contributed by atoms with E-state index in [2.05, 4.69) is 5.48 Å². The minimum absolute atomic E-state index is 0.144. The highest BCUT2D eigenvalue weighted by Crippen LogP contribution is 2.70. The summed E-state index contributed by atoms with van der Waals surface area (Å²) in [5.74, 6) is 0.0737. The van der Waals surface area contributed by atoms with Crippen molar-refractivity contribution in [1.82, 2.24) is 5.48 Å². The van der Waals surface area contributed by atoms with Crippen LogP contribution >= 0.6 is 0 Å². The van der Waals surface area contributed by atoms with Gasteiger partial charge in [0.25, 0.3) is 5.91 Å². The topological polar surface area (TPSA) is 55.4 Å². The zero-order valence-electron chi connectivity index (χ0n) is 10.3. The zero-order chi connectivity index (χ0) is 12.2. The van der Waals surface area contributed by atoms with Crippen molar-refractivity contribution in [2.75, 3.05) is 7.11 Å². The molecule has 2 bridgehead atoms. The number of hydrogen-bond acceptors (Lipinski definition) is 3. The van der Waals surface area contributed by atoms with Gasteiger partial charge in [-0.25, -0.2) is 5.48 Å². The van der Waals surface area contributed by atoms with Crippen molar-refractivity contribution >= 4 is 11.7 Å². The molecule has 0 aromatic heterocycles. The molecule has 0 aromatic rings. The first-order valence-corrected chi connectivity index (χ1v) is 5.68. The zero-order valence-corrected chi connectivity index (χ0v) is 10.3. The normalized spacial score (nSPS) is 40.1. The van der Waals surface area contributed by atoms with Gasteiger partial charge in [-0.3, -0.25) is 14.4 Å². The first kappa shape index (κ1) is 11.6. The Labute approximate surface area is 95.7 Å². The van der Waals surface area contributed by atoms with Crippen molar-refractivity contribution in [3.05, 3.63) is 0 Å². The third kappa shape index (κ3) is 0.986. The first-order chi connectivity index (χ1) is 7.32. The van der Waals surface area contributed by atoms with Crippen molar-refractivity contribution in [2.24, 2.45) is 16.2 Å². The molecule has 4 nitrogen and oxygen atoms in total. The molecule has 0 radical (unpaired) electrons. The Bertz CT molecular complexity index is 363. The van der Waals surface area contributed by atoms with Crippen LogP contribution < -0.4 is 5.48 Å². The average Bonchev–Trinajstić information content (AvgIpc) is 2.48. The van der Waals surface area contributed by atoms with Crippen LogP contribution in [0.15, 0.2) is 0 Å². The summed E-state index contributed by atoms with van der Waals surface area (Å²) in [5.41, 5.74) is 1.19. The molecule has 0 aromatic carbocycles. The van der Waals surface area contributed by atoms with Gasteiger partial charge in [0.15, 0.2) is 0 Å². The van der Waals surface area contributed by atoms with E-state index in [9.17, 15) is 9.59 Å². The molecule has 2 aliphatic rings. The van der Waals surface area contributed by atoms with E-state index in [0.29, 0.717) is 6.42 Å². The lowest BCUT2D eigenvalue weighted by Crippen LogP contribution is -2.46. The van der Waals surface area contributed by atoms with E-state index in [1.165, 1.54) is 7.11 Å². The summed E-state index contributed by atoms with van der Waals surface area (Å²) in [6, 6.07) is 0. The van der Waals surface area contributed by atoms with Gasteiger partial charge in [0.05, 0.1) is 12.5 Å². The number of ketones is 1. The number of hydroxylamine groups is 1. The lowest BCUT2D eigenvalue weighted by molar-refractivity contribution is -0.147. The molecule has 2 atom stereocenters. The number of nitrogens with one attached hydrogen (secondary N) is 1. The fourth-order valence-corrected chi connectivity index (χ4v) is 3.55. The van der Waals surface area contributed by atoms with Crippen molar-refractivity contribution in [2.45, 2.75) is 40.0 Å². The van der Waals surface area contributed by atoms with Gasteiger partial charge >= 0.3 is 0 Å². The standard InChI is InChI=1S/C12H19NO3/c1-10(2)11(3)5-6-12(10,7-8(11)14)9(15)13-16-4/h5-7H2,1-4H3,(H,13,15). The molecule has 4 heteroatoms. The second-order valence-electron chi connectivity index (χ2n) is 5.77. The Hall–Kier alpha value is -0.900. The van der Waals surface area contributed by atoms with Crippen LogP contribution in [0.4, 0.5) is 0 Å². The second kappa shape index (κ2) is 3.06. The molecule has 0 saturated heterocycles. The summed E-state index contributed by atoms with van der Waals surface area (Å²) < 4.78 is 0. The first-order valence-electron chi connectivity index (χ1n) is 5.68. The fourth-order valence-electron chi connectivity index (χ4n) is 3.55. The Morgan fingerprint density at radius 3 is 2.31 bits per heavy atom. The van der Waals surface area contributed by atoms with Gasteiger partial charge in [-0.05, 0) is 18.3 Å². The largest absolute Gasteiger partial charge is 0.299 e. The molecule has 1 amide bonds. The van der Waals surface area contributed by atoms with Gasteiger partial charge in [0.2, 0.25) is 0 Å². The number of fused-ring (bicyclic) bond motifs is 2. The predicted octanol–water partition coefficient (Wildman–Crippen LogP) is 1.45. The van der Waals surface area contributed by atoms with E-state index in [0.717, 1.165) is 12.8 Å². The van der Waals surface area contributed by atoms with Crippen LogP contribution in [-0.4, -0.2) is 18.8 Å². The quantitative estimate of drug-likeness (QED) is 0.724. The maximum atomic E-state index is 12.1.